The van der Waals surface area contributed by atoms with Gasteiger partial charge in [0.05, 0.1) is 24.4 Å². The predicted octanol–water partition coefficient (Wildman–Crippen LogP) is 4.70. The van der Waals surface area contributed by atoms with Gasteiger partial charge in [0, 0.05) is 5.56 Å². The van der Waals surface area contributed by atoms with Crippen molar-refractivity contribution in [1.29, 1.82) is 0 Å². The number of hydrogen-bond donors (Lipinski definition) is 0. The SMILES string of the molecule is COc1ccc(-c2nc(Cl)c(Br)c(C(C)C)n2)cc1OC. The van der Waals surface area contributed by atoms with Crippen molar-refractivity contribution in [2.75, 3.05) is 14.2 Å². The number of benzene rings is 1. The Morgan fingerprint density at radius 2 is 1.76 bits per heavy atom. The van der Waals surface area contributed by atoms with Crippen molar-refractivity contribution >= 4 is 27.5 Å². The molecule has 0 aliphatic heterocycles. The molecule has 0 unspecified atom stereocenters. The number of methoxy groups -OCH3 is 2. The molecule has 0 fully saturated rings. The minimum absolute atomic E-state index is 0.235. The highest BCUT2D eigenvalue weighted by atomic mass is 79.9. The van der Waals surface area contributed by atoms with Gasteiger partial charge in [0.15, 0.2) is 17.3 Å². The van der Waals surface area contributed by atoms with E-state index in [9.17, 15) is 0 Å². The van der Waals surface area contributed by atoms with Crippen LogP contribution >= 0.6 is 27.5 Å². The van der Waals surface area contributed by atoms with E-state index in [4.69, 9.17) is 21.1 Å². The van der Waals surface area contributed by atoms with Crippen LogP contribution in [-0.2, 0) is 0 Å². The van der Waals surface area contributed by atoms with Crippen molar-refractivity contribution in [2.45, 2.75) is 19.8 Å². The van der Waals surface area contributed by atoms with E-state index in [2.05, 4.69) is 39.7 Å². The molecule has 112 valence electrons. The highest BCUT2D eigenvalue weighted by molar-refractivity contribution is 9.10. The summed E-state index contributed by atoms with van der Waals surface area (Å²) in [5, 5.41) is 0.401. The average molecular weight is 372 g/mol. The Balaban J connectivity index is 2.56. The molecule has 0 saturated heterocycles. The van der Waals surface area contributed by atoms with E-state index < -0.39 is 0 Å². The van der Waals surface area contributed by atoms with Gasteiger partial charge in [-0.15, -0.1) is 0 Å². The van der Waals surface area contributed by atoms with Gasteiger partial charge in [0.2, 0.25) is 0 Å². The maximum atomic E-state index is 6.19. The van der Waals surface area contributed by atoms with Crippen molar-refractivity contribution in [1.82, 2.24) is 9.97 Å². The van der Waals surface area contributed by atoms with Crippen molar-refractivity contribution in [3.63, 3.8) is 0 Å². The first-order valence-electron chi connectivity index (χ1n) is 6.43. The second-order valence-corrected chi connectivity index (χ2v) is 5.91. The molecule has 0 aliphatic rings. The molecule has 1 aromatic carbocycles. The molecule has 2 rings (SSSR count). The summed E-state index contributed by atoms with van der Waals surface area (Å²) in [5.74, 6) is 2.09. The van der Waals surface area contributed by atoms with Crippen LogP contribution in [0.15, 0.2) is 22.7 Å². The third-order valence-corrected chi connectivity index (χ3v) is 4.31. The van der Waals surface area contributed by atoms with Gasteiger partial charge >= 0.3 is 0 Å². The van der Waals surface area contributed by atoms with Crippen molar-refractivity contribution < 1.29 is 9.47 Å². The van der Waals surface area contributed by atoms with E-state index in [1.807, 2.05) is 18.2 Å². The molecule has 0 radical (unpaired) electrons. The molecule has 0 spiro atoms. The minimum Gasteiger partial charge on any atom is -0.493 e. The lowest BCUT2D eigenvalue weighted by molar-refractivity contribution is 0.355. The first-order chi connectivity index (χ1) is 9.97. The smallest absolute Gasteiger partial charge is 0.161 e. The van der Waals surface area contributed by atoms with Gasteiger partial charge in [-0.25, -0.2) is 9.97 Å². The van der Waals surface area contributed by atoms with E-state index in [1.165, 1.54) is 0 Å². The molecule has 2 aromatic rings. The van der Waals surface area contributed by atoms with Gasteiger partial charge in [0.1, 0.15) is 5.15 Å². The molecule has 0 aliphatic carbocycles. The Morgan fingerprint density at radius 1 is 1.10 bits per heavy atom. The van der Waals surface area contributed by atoms with Gasteiger partial charge in [-0.1, -0.05) is 25.4 Å². The summed E-state index contributed by atoms with van der Waals surface area (Å²) in [6.07, 6.45) is 0. The summed E-state index contributed by atoms with van der Waals surface area (Å²) < 4.78 is 11.3. The van der Waals surface area contributed by atoms with E-state index in [0.29, 0.717) is 22.5 Å². The second kappa shape index (κ2) is 6.62. The number of aromatic nitrogens is 2. The van der Waals surface area contributed by atoms with Crippen molar-refractivity contribution in [3.8, 4) is 22.9 Å². The molecule has 21 heavy (non-hydrogen) atoms. The molecule has 0 saturated carbocycles. The Kier molecular flexibility index (Phi) is 5.06. The third-order valence-electron chi connectivity index (χ3n) is 3.03. The lowest BCUT2D eigenvalue weighted by Crippen LogP contribution is -2.01. The summed E-state index contributed by atoms with van der Waals surface area (Å²) in [6.45, 7) is 4.11. The number of hydrogen-bond acceptors (Lipinski definition) is 4. The zero-order valence-electron chi connectivity index (χ0n) is 12.3. The van der Waals surface area contributed by atoms with Crippen LogP contribution < -0.4 is 9.47 Å². The quantitative estimate of drug-likeness (QED) is 0.731. The Hall–Kier alpha value is -1.33. The van der Waals surface area contributed by atoms with Gasteiger partial charge in [-0.2, -0.15) is 0 Å². The molecule has 0 bridgehead atoms. The van der Waals surface area contributed by atoms with Gasteiger partial charge in [0.25, 0.3) is 0 Å². The Bertz CT molecular complexity index is 662. The number of ether oxygens (including phenoxy) is 2. The highest BCUT2D eigenvalue weighted by Gasteiger charge is 2.16. The lowest BCUT2D eigenvalue weighted by atomic mass is 10.1. The standard InChI is InChI=1S/C15H16BrClN2O2/c1-8(2)13-12(16)14(17)19-15(18-13)9-5-6-10(20-3)11(7-9)21-4/h5-8H,1-4H3. The van der Waals surface area contributed by atoms with Crippen LogP contribution in [0.25, 0.3) is 11.4 Å². The molecule has 4 nitrogen and oxygen atoms in total. The van der Waals surface area contributed by atoms with E-state index >= 15 is 0 Å². The zero-order chi connectivity index (χ0) is 15.6. The van der Waals surface area contributed by atoms with Crippen LogP contribution in [0.3, 0.4) is 0 Å². The van der Waals surface area contributed by atoms with E-state index in [0.717, 1.165) is 15.7 Å². The molecular weight excluding hydrogens is 356 g/mol. The molecule has 0 N–H and O–H groups in total. The summed E-state index contributed by atoms with van der Waals surface area (Å²) in [6, 6.07) is 5.54. The highest BCUT2D eigenvalue weighted by Crippen LogP contribution is 2.34. The molecule has 6 heteroatoms. The van der Waals surface area contributed by atoms with Gasteiger partial charge in [-0.05, 0) is 40.0 Å². The summed E-state index contributed by atoms with van der Waals surface area (Å²) >= 11 is 9.63. The van der Waals surface area contributed by atoms with Crippen LogP contribution in [0.2, 0.25) is 5.15 Å². The molecule has 0 amide bonds. The first-order valence-corrected chi connectivity index (χ1v) is 7.60. The fourth-order valence-corrected chi connectivity index (χ4v) is 2.73. The van der Waals surface area contributed by atoms with Gasteiger partial charge < -0.3 is 9.47 Å². The predicted molar refractivity (Wildman–Crippen MR) is 87.4 cm³/mol. The van der Waals surface area contributed by atoms with E-state index in [-0.39, 0.29) is 5.92 Å². The van der Waals surface area contributed by atoms with Crippen LogP contribution in [0.4, 0.5) is 0 Å². The summed E-state index contributed by atoms with van der Waals surface area (Å²) in [4.78, 5) is 8.92. The number of rotatable bonds is 4. The van der Waals surface area contributed by atoms with Crippen LogP contribution in [0, 0.1) is 0 Å². The van der Waals surface area contributed by atoms with Crippen LogP contribution in [0.1, 0.15) is 25.5 Å². The largest absolute Gasteiger partial charge is 0.493 e. The Labute approximate surface area is 137 Å². The Morgan fingerprint density at radius 3 is 2.33 bits per heavy atom. The number of nitrogens with zero attached hydrogens (tertiary/aromatic N) is 2. The fourth-order valence-electron chi connectivity index (χ4n) is 1.92. The maximum Gasteiger partial charge on any atom is 0.161 e. The average Bonchev–Trinajstić information content (AvgIpc) is 2.48. The maximum absolute atomic E-state index is 6.19. The lowest BCUT2D eigenvalue weighted by Gasteiger charge is -2.12. The van der Waals surface area contributed by atoms with Crippen molar-refractivity contribution in [2.24, 2.45) is 0 Å². The second-order valence-electron chi connectivity index (χ2n) is 4.76. The third kappa shape index (κ3) is 3.30. The van der Waals surface area contributed by atoms with E-state index in [1.54, 1.807) is 14.2 Å². The topological polar surface area (TPSA) is 44.2 Å². The summed E-state index contributed by atoms with van der Waals surface area (Å²) in [5.41, 5.74) is 1.70. The molecule has 1 aromatic heterocycles. The van der Waals surface area contributed by atoms with Gasteiger partial charge in [-0.3, -0.25) is 0 Å². The van der Waals surface area contributed by atoms with Crippen molar-refractivity contribution in [3.05, 3.63) is 33.5 Å². The van der Waals surface area contributed by atoms with Crippen LogP contribution in [0.5, 0.6) is 11.5 Å². The minimum atomic E-state index is 0.235. The molecular formula is C15H16BrClN2O2. The molecule has 0 atom stereocenters. The zero-order valence-corrected chi connectivity index (χ0v) is 14.6. The molecule has 1 heterocycles. The van der Waals surface area contributed by atoms with Crippen LogP contribution in [-0.4, -0.2) is 24.2 Å². The normalized spacial score (nSPS) is 10.8. The first kappa shape index (κ1) is 16.0. The number of halogens is 2. The monoisotopic (exact) mass is 370 g/mol. The summed E-state index contributed by atoms with van der Waals surface area (Å²) in [7, 11) is 3.19. The fraction of sp³-hybridized carbons (Fsp3) is 0.333.